The van der Waals surface area contributed by atoms with Gasteiger partial charge in [0.15, 0.2) is 0 Å². The highest BCUT2D eigenvalue weighted by Crippen LogP contribution is 1.93. The summed E-state index contributed by atoms with van der Waals surface area (Å²) < 4.78 is 5.00. The van der Waals surface area contributed by atoms with Crippen LogP contribution in [0, 0.1) is 0 Å². The largest absolute Gasteiger partial charge is 0.396 e. The topological polar surface area (TPSA) is 58.7 Å². The molecule has 0 spiro atoms. The highest BCUT2D eigenvalue weighted by molar-refractivity contribution is 4.57. The number of ether oxygens (including phenoxy) is 1. The number of nitrogens with two attached hydrogens (primary N) is 1. The fourth-order valence-electron chi connectivity index (χ4n) is 1.17. The van der Waals surface area contributed by atoms with E-state index in [9.17, 15) is 0 Å². The first-order valence-electron chi connectivity index (χ1n) is 4.87. The van der Waals surface area contributed by atoms with Crippen LogP contribution in [0.3, 0.4) is 0 Å². The number of nitrogens with zero attached hydrogens (tertiary/aromatic N) is 1. The van der Waals surface area contributed by atoms with Crippen molar-refractivity contribution in [2.75, 3.05) is 46.5 Å². The number of methoxy groups -OCH3 is 1. The quantitative estimate of drug-likeness (QED) is 0.522. The van der Waals surface area contributed by atoms with Gasteiger partial charge in [0.25, 0.3) is 0 Å². The SMILES string of the molecule is COCCN(CCCN)CCCO. The molecule has 0 aromatic rings. The Bertz CT molecular complexity index is 82.6. The second-order valence-corrected chi connectivity index (χ2v) is 3.05. The number of aliphatic hydroxyl groups is 1. The average molecular weight is 190 g/mol. The zero-order valence-corrected chi connectivity index (χ0v) is 8.54. The Kier molecular flexibility index (Phi) is 9.80. The number of aliphatic hydroxyl groups excluding tert-OH is 1. The molecule has 13 heavy (non-hydrogen) atoms. The van der Waals surface area contributed by atoms with E-state index in [-0.39, 0.29) is 6.61 Å². The van der Waals surface area contributed by atoms with E-state index in [2.05, 4.69) is 4.90 Å². The summed E-state index contributed by atoms with van der Waals surface area (Å²) in [5.74, 6) is 0. The first kappa shape index (κ1) is 12.8. The van der Waals surface area contributed by atoms with Crippen molar-refractivity contribution in [3.05, 3.63) is 0 Å². The minimum absolute atomic E-state index is 0.256. The molecule has 0 amide bonds. The summed E-state index contributed by atoms with van der Waals surface area (Å²) in [5.41, 5.74) is 5.43. The number of hydrogen-bond donors (Lipinski definition) is 2. The van der Waals surface area contributed by atoms with E-state index >= 15 is 0 Å². The lowest BCUT2D eigenvalue weighted by molar-refractivity contribution is 0.140. The lowest BCUT2D eigenvalue weighted by Gasteiger charge is -2.20. The third kappa shape index (κ3) is 8.18. The minimum Gasteiger partial charge on any atom is -0.396 e. The molecule has 0 aromatic heterocycles. The Morgan fingerprint density at radius 2 is 1.92 bits per heavy atom. The normalized spacial score (nSPS) is 11.1. The Labute approximate surface area is 80.7 Å². The van der Waals surface area contributed by atoms with E-state index in [1.54, 1.807) is 7.11 Å². The maximum absolute atomic E-state index is 8.68. The molecule has 80 valence electrons. The molecule has 0 saturated carbocycles. The lowest BCUT2D eigenvalue weighted by Crippen LogP contribution is -2.31. The van der Waals surface area contributed by atoms with Gasteiger partial charge in [0.2, 0.25) is 0 Å². The third-order valence-corrected chi connectivity index (χ3v) is 1.92. The first-order chi connectivity index (χ1) is 6.35. The van der Waals surface area contributed by atoms with Crippen LogP contribution in [0.2, 0.25) is 0 Å². The second-order valence-electron chi connectivity index (χ2n) is 3.05. The van der Waals surface area contributed by atoms with Crippen molar-refractivity contribution in [1.82, 2.24) is 4.90 Å². The lowest BCUT2D eigenvalue weighted by atomic mass is 10.3. The predicted octanol–water partition coefficient (Wildman–Crippen LogP) is -0.334. The van der Waals surface area contributed by atoms with Crippen molar-refractivity contribution in [1.29, 1.82) is 0 Å². The van der Waals surface area contributed by atoms with Gasteiger partial charge in [0.1, 0.15) is 0 Å². The molecule has 0 heterocycles. The van der Waals surface area contributed by atoms with Gasteiger partial charge in [0.05, 0.1) is 6.61 Å². The van der Waals surface area contributed by atoms with Gasteiger partial charge in [-0.15, -0.1) is 0 Å². The summed E-state index contributed by atoms with van der Waals surface area (Å²) in [6.07, 6.45) is 1.84. The van der Waals surface area contributed by atoms with Gasteiger partial charge in [0, 0.05) is 26.8 Å². The zero-order chi connectivity index (χ0) is 9.94. The molecule has 0 aliphatic heterocycles. The van der Waals surface area contributed by atoms with Crippen molar-refractivity contribution < 1.29 is 9.84 Å². The predicted molar refractivity (Wildman–Crippen MR) is 53.7 cm³/mol. The summed E-state index contributed by atoms with van der Waals surface area (Å²) in [7, 11) is 1.70. The molecule has 3 N–H and O–H groups in total. The van der Waals surface area contributed by atoms with E-state index in [1.165, 1.54) is 0 Å². The molecule has 0 radical (unpaired) electrons. The van der Waals surface area contributed by atoms with Crippen LogP contribution in [0.1, 0.15) is 12.8 Å². The van der Waals surface area contributed by atoms with E-state index in [1.807, 2.05) is 0 Å². The Balaban J connectivity index is 3.47. The molecule has 0 aliphatic rings. The summed E-state index contributed by atoms with van der Waals surface area (Å²) in [6.45, 7) is 4.58. The smallest absolute Gasteiger partial charge is 0.0589 e. The van der Waals surface area contributed by atoms with Crippen LogP contribution in [-0.4, -0.2) is 56.5 Å². The summed E-state index contributed by atoms with van der Waals surface area (Å²) in [4.78, 5) is 2.27. The maximum atomic E-state index is 8.68. The van der Waals surface area contributed by atoms with Crippen LogP contribution < -0.4 is 5.73 Å². The Morgan fingerprint density at radius 3 is 2.46 bits per heavy atom. The standard InChI is InChI=1S/C9H22N2O2/c1-13-9-7-11(5-2-4-10)6-3-8-12/h12H,2-10H2,1H3. The van der Waals surface area contributed by atoms with E-state index in [0.29, 0.717) is 0 Å². The fraction of sp³-hybridized carbons (Fsp3) is 1.00. The van der Waals surface area contributed by atoms with Gasteiger partial charge in [-0.2, -0.15) is 0 Å². The molecule has 0 fully saturated rings. The highest BCUT2D eigenvalue weighted by atomic mass is 16.5. The van der Waals surface area contributed by atoms with Gasteiger partial charge >= 0.3 is 0 Å². The molecule has 4 heteroatoms. The molecule has 0 saturated heterocycles. The van der Waals surface area contributed by atoms with Gasteiger partial charge in [-0.05, 0) is 25.9 Å². The number of rotatable bonds is 9. The first-order valence-corrected chi connectivity index (χ1v) is 4.87. The van der Waals surface area contributed by atoms with Gasteiger partial charge in [-0.25, -0.2) is 0 Å². The second kappa shape index (κ2) is 9.92. The van der Waals surface area contributed by atoms with Crippen LogP contribution in [-0.2, 0) is 4.74 Å². The fourth-order valence-corrected chi connectivity index (χ4v) is 1.17. The van der Waals surface area contributed by atoms with Crippen molar-refractivity contribution >= 4 is 0 Å². The molecule has 0 rings (SSSR count). The third-order valence-electron chi connectivity index (χ3n) is 1.92. The van der Waals surface area contributed by atoms with Crippen LogP contribution >= 0.6 is 0 Å². The Morgan fingerprint density at radius 1 is 1.23 bits per heavy atom. The number of hydrogen-bond acceptors (Lipinski definition) is 4. The van der Waals surface area contributed by atoms with Gasteiger partial charge in [-0.1, -0.05) is 0 Å². The molecular formula is C9H22N2O2. The van der Waals surface area contributed by atoms with Crippen molar-refractivity contribution in [2.45, 2.75) is 12.8 Å². The van der Waals surface area contributed by atoms with Gasteiger partial charge in [-0.3, -0.25) is 0 Å². The minimum atomic E-state index is 0.256. The maximum Gasteiger partial charge on any atom is 0.0589 e. The molecule has 0 unspecified atom stereocenters. The monoisotopic (exact) mass is 190 g/mol. The van der Waals surface area contributed by atoms with E-state index in [0.717, 1.165) is 45.6 Å². The van der Waals surface area contributed by atoms with Crippen LogP contribution in [0.4, 0.5) is 0 Å². The van der Waals surface area contributed by atoms with E-state index < -0.39 is 0 Å². The van der Waals surface area contributed by atoms with Crippen molar-refractivity contribution in [2.24, 2.45) is 5.73 Å². The molecule has 0 aromatic carbocycles. The van der Waals surface area contributed by atoms with Gasteiger partial charge < -0.3 is 20.5 Å². The van der Waals surface area contributed by atoms with Crippen molar-refractivity contribution in [3.8, 4) is 0 Å². The van der Waals surface area contributed by atoms with Crippen LogP contribution in [0.15, 0.2) is 0 Å². The highest BCUT2D eigenvalue weighted by Gasteiger charge is 2.02. The molecule has 0 aliphatic carbocycles. The molecule has 0 atom stereocenters. The molecular weight excluding hydrogens is 168 g/mol. The summed E-state index contributed by atoms with van der Waals surface area (Å²) in [5, 5.41) is 8.68. The molecule has 4 nitrogen and oxygen atoms in total. The van der Waals surface area contributed by atoms with Crippen LogP contribution in [0.5, 0.6) is 0 Å². The Hall–Kier alpha value is -0.160. The van der Waals surface area contributed by atoms with E-state index in [4.69, 9.17) is 15.6 Å². The van der Waals surface area contributed by atoms with Crippen LogP contribution in [0.25, 0.3) is 0 Å². The molecule has 0 bridgehead atoms. The zero-order valence-electron chi connectivity index (χ0n) is 8.54. The summed E-state index contributed by atoms with van der Waals surface area (Å²) in [6, 6.07) is 0. The summed E-state index contributed by atoms with van der Waals surface area (Å²) >= 11 is 0. The average Bonchev–Trinajstić information content (AvgIpc) is 2.17. The van der Waals surface area contributed by atoms with Crippen molar-refractivity contribution in [3.63, 3.8) is 0 Å².